The van der Waals surface area contributed by atoms with E-state index in [-0.39, 0.29) is 17.9 Å². The van der Waals surface area contributed by atoms with Crippen LogP contribution in [-0.2, 0) is 14.6 Å². The molecule has 20 heavy (non-hydrogen) atoms. The number of carbonyl (C=O) groups is 1. The maximum absolute atomic E-state index is 12.1. The van der Waals surface area contributed by atoms with Crippen molar-refractivity contribution < 1.29 is 13.2 Å². The summed E-state index contributed by atoms with van der Waals surface area (Å²) < 4.78 is 22.8. The minimum atomic E-state index is -3.18. The number of rotatable bonds is 5. The quantitative estimate of drug-likeness (QED) is 0.839. The van der Waals surface area contributed by atoms with Gasteiger partial charge in [-0.05, 0) is 31.0 Å². The first kappa shape index (κ1) is 16.7. The number of carbonyl (C=O) groups excluding carboxylic acids is 1. The van der Waals surface area contributed by atoms with Gasteiger partial charge in [-0.15, -0.1) is 0 Å². The van der Waals surface area contributed by atoms with Gasteiger partial charge in [-0.25, -0.2) is 8.42 Å². The molecule has 0 aliphatic heterocycles. The lowest BCUT2D eigenvalue weighted by Gasteiger charge is -2.27. The van der Waals surface area contributed by atoms with Crippen molar-refractivity contribution in [2.45, 2.75) is 38.1 Å². The summed E-state index contributed by atoms with van der Waals surface area (Å²) in [7, 11) is -1.40. The number of hydrogen-bond acceptors (Lipinski definition) is 3. The van der Waals surface area contributed by atoms with Crippen LogP contribution in [-0.4, -0.2) is 32.5 Å². The fourth-order valence-corrected chi connectivity index (χ4v) is 2.56. The molecule has 1 amide bonds. The molecule has 2 atom stereocenters. The van der Waals surface area contributed by atoms with E-state index in [0.29, 0.717) is 4.90 Å². The van der Waals surface area contributed by atoms with E-state index in [2.05, 4.69) is 0 Å². The van der Waals surface area contributed by atoms with Crippen molar-refractivity contribution in [1.29, 1.82) is 0 Å². The van der Waals surface area contributed by atoms with E-state index in [9.17, 15) is 13.2 Å². The summed E-state index contributed by atoms with van der Waals surface area (Å²) in [6.07, 6.45) is 1.99. The number of nitrogens with zero attached hydrogens (tertiary/aromatic N) is 1. The maximum atomic E-state index is 12.1. The molecule has 0 spiro atoms. The molecule has 1 aromatic rings. The highest BCUT2D eigenvalue weighted by Gasteiger charge is 2.21. The van der Waals surface area contributed by atoms with Crippen molar-refractivity contribution in [3.63, 3.8) is 0 Å². The standard InChI is InChI=1S/C15H23NO3S/c1-6-11(2)15(17)16(4)12(3)13-7-9-14(10-8-13)20(5,18)19/h7-12H,6H2,1-5H3. The first-order chi connectivity index (χ1) is 9.18. The Morgan fingerprint density at radius 1 is 1.20 bits per heavy atom. The number of hydrogen-bond donors (Lipinski definition) is 0. The molecule has 1 aromatic carbocycles. The highest BCUT2D eigenvalue weighted by atomic mass is 32.2. The Labute approximate surface area is 121 Å². The molecule has 0 radical (unpaired) electrons. The number of amides is 1. The third-order valence-corrected chi connectivity index (χ3v) is 4.88. The van der Waals surface area contributed by atoms with Crippen LogP contribution in [0.5, 0.6) is 0 Å². The van der Waals surface area contributed by atoms with E-state index in [4.69, 9.17) is 0 Å². The zero-order valence-corrected chi connectivity index (χ0v) is 13.6. The Morgan fingerprint density at radius 2 is 1.70 bits per heavy atom. The lowest BCUT2D eigenvalue weighted by atomic mass is 10.0. The molecule has 0 aliphatic rings. The Kier molecular flexibility index (Phi) is 5.34. The molecule has 0 aliphatic carbocycles. The zero-order valence-electron chi connectivity index (χ0n) is 12.8. The predicted octanol–water partition coefficient (Wildman–Crippen LogP) is 2.66. The van der Waals surface area contributed by atoms with Gasteiger partial charge in [0.2, 0.25) is 5.91 Å². The van der Waals surface area contributed by atoms with E-state index < -0.39 is 9.84 Å². The van der Waals surface area contributed by atoms with Crippen LogP contribution in [0.2, 0.25) is 0 Å². The summed E-state index contributed by atoms with van der Waals surface area (Å²) in [5, 5.41) is 0. The summed E-state index contributed by atoms with van der Waals surface area (Å²) in [6, 6.07) is 6.62. The Balaban J connectivity index is 2.93. The molecule has 0 saturated carbocycles. The van der Waals surface area contributed by atoms with Gasteiger partial charge in [0.15, 0.2) is 9.84 Å². The average molecular weight is 297 g/mol. The minimum absolute atomic E-state index is 0.00209. The van der Waals surface area contributed by atoms with Crippen molar-refractivity contribution in [2.24, 2.45) is 5.92 Å². The monoisotopic (exact) mass is 297 g/mol. The second-order valence-corrected chi connectivity index (χ2v) is 7.29. The Bertz CT molecular complexity index is 563. The SMILES string of the molecule is CCC(C)C(=O)N(C)C(C)c1ccc(S(C)(=O)=O)cc1. The van der Waals surface area contributed by atoms with Crippen LogP contribution in [0.15, 0.2) is 29.2 Å². The molecule has 112 valence electrons. The van der Waals surface area contributed by atoms with Crippen LogP contribution < -0.4 is 0 Å². The summed E-state index contributed by atoms with van der Waals surface area (Å²) in [5.74, 6) is 0.102. The maximum Gasteiger partial charge on any atom is 0.225 e. The summed E-state index contributed by atoms with van der Waals surface area (Å²) in [6.45, 7) is 5.84. The predicted molar refractivity (Wildman–Crippen MR) is 80.2 cm³/mol. The van der Waals surface area contributed by atoms with Gasteiger partial charge >= 0.3 is 0 Å². The van der Waals surface area contributed by atoms with Gasteiger partial charge in [-0.3, -0.25) is 4.79 Å². The van der Waals surface area contributed by atoms with Crippen LogP contribution >= 0.6 is 0 Å². The molecule has 0 bridgehead atoms. The summed E-state index contributed by atoms with van der Waals surface area (Å²) in [4.78, 5) is 14.2. The molecular weight excluding hydrogens is 274 g/mol. The third kappa shape index (κ3) is 3.82. The van der Waals surface area contributed by atoms with Crippen LogP contribution in [0, 0.1) is 5.92 Å². The highest BCUT2D eigenvalue weighted by molar-refractivity contribution is 7.90. The van der Waals surface area contributed by atoms with Gasteiger partial charge in [0.1, 0.15) is 0 Å². The van der Waals surface area contributed by atoms with Crippen molar-refractivity contribution in [3.05, 3.63) is 29.8 Å². The normalized spacial score (nSPS) is 14.7. The van der Waals surface area contributed by atoms with Crippen molar-refractivity contribution in [2.75, 3.05) is 13.3 Å². The fraction of sp³-hybridized carbons (Fsp3) is 0.533. The lowest BCUT2D eigenvalue weighted by molar-refractivity contribution is -0.135. The van der Waals surface area contributed by atoms with E-state index >= 15 is 0 Å². The molecule has 0 aromatic heterocycles. The smallest absolute Gasteiger partial charge is 0.225 e. The van der Waals surface area contributed by atoms with E-state index in [1.165, 1.54) is 6.26 Å². The van der Waals surface area contributed by atoms with Gasteiger partial charge in [-0.1, -0.05) is 26.0 Å². The van der Waals surface area contributed by atoms with Crippen LogP contribution in [0.4, 0.5) is 0 Å². The number of benzene rings is 1. The second kappa shape index (κ2) is 6.39. The van der Waals surface area contributed by atoms with Crippen LogP contribution in [0.3, 0.4) is 0 Å². The average Bonchev–Trinajstić information content (AvgIpc) is 2.43. The summed E-state index contributed by atoms with van der Waals surface area (Å²) >= 11 is 0. The second-order valence-electron chi connectivity index (χ2n) is 5.28. The highest BCUT2D eigenvalue weighted by Crippen LogP contribution is 2.22. The van der Waals surface area contributed by atoms with E-state index in [1.54, 1.807) is 36.2 Å². The van der Waals surface area contributed by atoms with Gasteiger partial charge < -0.3 is 4.90 Å². The minimum Gasteiger partial charge on any atom is -0.339 e. The molecule has 5 heteroatoms. The van der Waals surface area contributed by atoms with Crippen LogP contribution in [0.25, 0.3) is 0 Å². The Hall–Kier alpha value is -1.36. The van der Waals surface area contributed by atoms with Gasteiger partial charge in [0.25, 0.3) is 0 Å². The molecular formula is C15H23NO3S. The molecule has 2 unspecified atom stereocenters. The fourth-order valence-electron chi connectivity index (χ4n) is 1.93. The topological polar surface area (TPSA) is 54.5 Å². The van der Waals surface area contributed by atoms with Gasteiger partial charge in [-0.2, -0.15) is 0 Å². The molecule has 0 N–H and O–H groups in total. The molecule has 0 heterocycles. The first-order valence-corrected chi connectivity index (χ1v) is 8.64. The van der Waals surface area contributed by atoms with Crippen LogP contribution in [0.1, 0.15) is 38.8 Å². The largest absolute Gasteiger partial charge is 0.339 e. The molecule has 1 rings (SSSR count). The van der Waals surface area contributed by atoms with E-state index in [1.807, 2.05) is 20.8 Å². The summed E-state index contributed by atoms with van der Waals surface area (Å²) in [5.41, 5.74) is 0.927. The lowest BCUT2D eigenvalue weighted by Crippen LogP contribution is -2.33. The first-order valence-electron chi connectivity index (χ1n) is 6.75. The van der Waals surface area contributed by atoms with Gasteiger partial charge in [0.05, 0.1) is 10.9 Å². The van der Waals surface area contributed by atoms with Crippen molar-refractivity contribution >= 4 is 15.7 Å². The zero-order chi connectivity index (χ0) is 15.5. The number of sulfone groups is 1. The molecule has 0 saturated heterocycles. The molecule has 4 nitrogen and oxygen atoms in total. The Morgan fingerprint density at radius 3 is 2.10 bits per heavy atom. The third-order valence-electron chi connectivity index (χ3n) is 3.75. The van der Waals surface area contributed by atoms with Crippen molar-refractivity contribution in [1.82, 2.24) is 4.90 Å². The van der Waals surface area contributed by atoms with Gasteiger partial charge in [0, 0.05) is 19.2 Å². The van der Waals surface area contributed by atoms with E-state index in [0.717, 1.165) is 12.0 Å². The van der Waals surface area contributed by atoms with Crippen molar-refractivity contribution in [3.8, 4) is 0 Å². The molecule has 0 fully saturated rings.